The van der Waals surface area contributed by atoms with E-state index in [0.29, 0.717) is 17.6 Å². The fourth-order valence-electron chi connectivity index (χ4n) is 3.12. The van der Waals surface area contributed by atoms with Crippen LogP contribution >= 0.6 is 7.80 Å². The van der Waals surface area contributed by atoms with Gasteiger partial charge in [-0.05, 0) is 49.7 Å². The van der Waals surface area contributed by atoms with Crippen LogP contribution in [0.25, 0.3) is 0 Å². The third-order valence-electron chi connectivity index (χ3n) is 3.56. The first-order valence-electron chi connectivity index (χ1n) is 7.58. The van der Waals surface area contributed by atoms with Crippen molar-refractivity contribution >= 4 is 13.3 Å². The minimum Gasteiger partial charge on any atom is -0.281 e. The van der Waals surface area contributed by atoms with Gasteiger partial charge in [-0.1, -0.05) is 45.4 Å². The molecule has 0 spiro atoms. The van der Waals surface area contributed by atoms with E-state index in [1.54, 1.807) is 0 Å². The molecule has 0 heterocycles. The van der Waals surface area contributed by atoms with Gasteiger partial charge in [0.2, 0.25) is 5.52 Å². The van der Waals surface area contributed by atoms with E-state index in [0.717, 1.165) is 23.1 Å². The van der Waals surface area contributed by atoms with Crippen molar-refractivity contribution in [2.45, 2.75) is 54.9 Å². The normalized spacial score (nSPS) is 14.0. The summed E-state index contributed by atoms with van der Waals surface area (Å²) in [4.78, 5) is 12.5. The predicted octanol–water partition coefficient (Wildman–Crippen LogP) is 5.65. The Labute approximate surface area is 130 Å². The van der Waals surface area contributed by atoms with E-state index in [1.165, 1.54) is 0 Å². The minimum atomic E-state index is -1.84. The first kappa shape index (κ1) is 18.0. The molecule has 0 amide bonds. The van der Waals surface area contributed by atoms with Gasteiger partial charge in [0.05, 0.1) is 0 Å². The Balaban J connectivity index is 2.87. The van der Waals surface area contributed by atoms with Crippen molar-refractivity contribution < 1.29 is 9.36 Å². The second-order valence-corrected chi connectivity index (χ2v) is 9.04. The van der Waals surface area contributed by atoms with Gasteiger partial charge in [0.15, 0.2) is 0 Å². The highest BCUT2D eigenvalue weighted by atomic mass is 31.1. The lowest BCUT2D eigenvalue weighted by molar-refractivity contribution is 0.107. The molecule has 0 saturated carbocycles. The minimum absolute atomic E-state index is 0.180. The van der Waals surface area contributed by atoms with Gasteiger partial charge in [0, 0.05) is 11.7 Å². The molecule has 2 unspecified atom stereocenters. The van der Waals surface area contributed by atoms with E-state index in [2.05, 4.69) is 27.7 Å². The van der Waals surface area contributed by atoms with E-state index in [-0.39, 0.29) is 10.9 Å². The van der Waals surface area contributed by atoms with Crippen LogP contribution in [0.5, 0.6) is 0 Å². The Morgan fingerprint density at radius 1 is 1.14 bits per heavy atom. The van der Waals surface area contributed by atoms with Crippen LogP contribution in [0, 0.1) is 32.1 Å². The molecule has 3 heteroatoms. The quantitative estimate of drug-likeness (QED) is 0.658. The molecule has 0 aromatic heterocycles. The average Bonchev–Trinajstić information content (AvgIpc) is 2.24. The SMILES string of the molecule is Cc1cc(C)c(C(=O)[P](=O)CC(C)CC(C)(C)C)c(C)c1. The molecular formula is C18H28O2P. The molecule has 0 N–H and O–H groups in total. The van der Waals surface area contributed by atoms with E-state index in [1.807, 2.05) is 32.9 Å². The molecule has 117 valence electrons. The van der Waals surface area contributed by atoms with Crippen molar-refractivity contribution in [2.24, 2.45) is 11.3 Å². The second kappa shape index (κ2) is 6.83. The van der Waals surface area contributed by atoms with Gasteiger partial charge in [-0.3, -0.25) is 9.36 Å². The van der Waals surface area contributed by atoms with E-state index in [9.17, 15) is 9.36 Å². The molecule has 1 radical (unpaired) electrons. The maximum atomic E-state index is 12.5. The summed E-state index contributed by atoms with van der Waals surface area (Å²) in [5.74, 6) is 0.295. The summed E-state index contributed by atoms with van der Waals surface area (Å²) in [5, 5.41) is 0. The van der Waals surface area contributed by atoms with E-state index >= 15 is 0 Å². The molecule has 2 atom stereocenters. The fourth-order valence-corrected chi connectivity index (χ4v) is 4.58. The summed E-state index contributed by atoms with van der Waals surface area (Å²) in [6.45, 7) is 14.5. The van der Waals surface area contributed by atoms with Gasteiger partial charge in [0.25, 0.3) is 0 Å². The first-order chi connectivity index (χ1) is 9.51. The molecular weight excluding hydrogens is 279 g/mol. The number of hydrogen-bond acceptors (Lipinski definition) is 2. The Bertz CT molecular complexity index is 530. The molecule has 1 aromatic rings. The third-order valence-corrected chi connectivity index (χ3v) is 5.19. The van der Waals surface area contributed by atoms with Gasteiger partial charge in [-0.15, -0.1) is 0 Å². The molecule has 0 aliphatic carbocycles. The Hall–Kier alpha value is -1.01. The Morgan fingerprint density at radius 3 is 2.05 bits per heavy atom. The Kier molecular flexibility index (Phi) is 5.87. The van der Waals surface area contributed by atoms with Crippen LogP contribution in [0.2, 0.25) is 0 Å². The maximum absolute atomic E-state index is 12.5. The lowest BCUT2D eigenvalue weighted by Gasteiger charge is -2.22. The van der Waals surface area contributed by atoms with Crippen LogP contribution in [-0.4, -0.2) is 11.7 Å². The molecule has 0 aliphatic rings. The third kappa shape index (κ3) is 5.36. The highest BCUT2D eigenvalue weighted by Gasteiger charge is 2.24. The monoisotopic (exact) mass is 307 g/mol. The molecule has 1 aromatic carbocycles. The zero-order chi connectivity index (χ0) is 16.4. The van der Waals surface area contributed by atoms with Crippen LogP contribution in [0.3, 0.4) is 0 Å². The van der Waals surface area contributed by atoms with Crippen LogP contribution in [0.4, 0.5) is 0 Å². The summed E-state index contributed by atoms with van der Waals surface area (Å²) in [5.41, 5.74) is 3.69. The number of benzene rings is 1. The van der Waals surface area contributed by atoms with Crippen molar-refractivity contribution in [1.82, 2.24) is 0 Å². The summed E-state index contributed by atoms with van der Waals surface area (Å²) < 4.78 is 12.4. The fraction of sp³-hybridized carbons (Fsp3) is 0.611. The zero-order valence-electron chi connectivity index (χ0n) is 14.4. The smallest absolute Gasteiger partial charge is 0.242 e. The molecule has 0 fully saturated rings. The highest BCUT2D eigenvalue weighted by molar-refractivity contribution is 7.64. The van der Waals surface area contributed by atoms with E-state index < -0.39 is 7.80 Å². The Morgan fingerprint density at radius 2 is 1.62 bits per heavy atom. The zero-order valence-corrected chi connectivity index (χ0v) is 15.3. The van der Waals surface area contributed by atoms with Crippen molar-refractivity contribution in [2.75, 3.05) is 6.16 Å². The van der Waals surface area contributed by atoms with Crippen molar-refractivity contribution in [3.8, 4) is 0 Å². The maximum Gasteiger partial charge on any atom is 0.242 e. The van der Waals surface area contributed by atoms with Crippen molar-refractivity contribution in [3.05, 3.63) is 34.4 Å². The highest BCUT2D eigenvalue weighted by Crippen LogP contribution is 2.35. The largest absolute Gasteiger partial charge is 0.281 e. The average molecular weight is 307 g/mol. The standard InChI is InChI=1S/C18H28O2P/c1-12-8-14(3)16(15(4)9-12)17(19)21(20)11-13(2)10-18(5,6)7/h8-9,13H,10-11H2,1-7H3. The topological polar surface area (TPSA) is 34.1 Å². The number of aryl methyl sites for hydroxylation is 3. The summed E-state index contributed by atoms with van der Waals surface area (Å²) in [6.07, 6.45) is 1.46. The van der Waals surface area contributed by atoms with Crippen molar-refractivity contribution in [1.29, 1.82) is 0 Å². The van der Waals surface area contributed by atoms with Crippen LogP contribution in [0.15, 0.2) is 12.1 Å². The first-order valence-corrected chi connectivity index (χ1v) is 9.02. The number of carbonyl (C=O) groups excluding carboxylic acids is 1. The molecule has 0 saturated heterocycles. The van der Waals surface area contributed by atoms with Crippen molar-refractivity contribution in [3.63, 3.8) is 0 Å². The van der Waals surface area contributed by atoms with E-state index in [4.69, 9.17) is 0 Å². The lowest BCUT2D eigenvalue weighted by atomic mass is 9.86. The van der Waals surface area contributed by atoms with Gasteiger partial charge >= 0.3 is 0 Å². The van der Waals surface area contributed by atoms with Crippen LogP contribution in [-0.2, 0) is 4.57 Å². The van der Waals surface area contributed by atoms with Crippen LogP contribution < -0.4 is 0 Å². The molecule has 2 nitrogen and oxygen atoms in total. The second-order valence-electron chi connectivity index (χ2n) is 7.51. The molecule has 0 bridgehead atoms. The van der Waals surface area contributed by atoms with Gasteiger partial charge in [-0.25, -0.2) is 0 Å². The molecule has 21 heavy (non-hydrogen) atoms. The number of rotatable bonds is 5. The lowest BCUT2D eigenvalue weighted by Crippen LogP contribution is -2.14. The molecule has 0 aliphatic heterocycles. The summed E-state index contributed by atoms with van der Waals surface area (Å²) >= 11 is 0. The summed E-state index contributed by atoms with van der Waals surface area (Å²) in [6, 6.07) is 3.98. The summed E-state index contributed by atoms with van der Waals surface area (Å²) in [7, 11) is -1.84. The van der Waals surface area contributed by atoms with Gasteiger partial charge in [0.1, 0.15) is 7.80 Å². The van der Waals surface area contributed by atoms with Gasteiger partial charge in [-0.2, -0.15) is 0 Å². The predicted molar refractivity (Wildman–Crippen MR) is 90.7 cm³/mol. The molecule has 1 rings (SSSR count). The van der Waals surface area contributed by atoms with Gasteiger partial charge < -0.3 is 0 Å². The number of hydrogen-bond donors (Lipinski definition) is 0. The number of carbonyl (C=O) groups is 1. The van der Waals surface area contributed by atoms with Crippen LogP contribution in [0.1, 0.15) is 61.2 Å².